The van der Waals surface area contributed by atoms with E-state index in [1.54, 1.807) is 27.5 Å². The number of H-pyrrole nitrogens is 1. The largest absolute Gasteiger partial charge is 0.346 e. The first-order chi connectivity index (χ1) is 15.0. The van der Waals surface area contributed by atoms with Gasteiger partial charge in [0.25, 0.3) is 5.56 Å². The molecule has 1 aliphatic heterocycles. The topological polar surface area (TPSA) is 108 Å². The number of anilines is 1. The highest BCUT2D eigenvalue weighted by Gasteiger charge is 2.33. The number of aromatic nitrogens is 6. The third-order valence-corrected chi connectivity index (χ3v) is 6.00. The zero-order valence-corrected chi connectivity index (χ0v) is 19.5. The molecule has 0 radical (unpaired) electrons. The van der Waals surface area contributed by atoms with Crippen molar-refractivity contribution in [3.05, 3.63) is 51.6 Å². The van der Waals surface area contributed by atoms with E-state index in [0.29, 0.717) is 45.3 Å². The Kier molecular flexibility index (Phi) is 5.88. The Morgan fingerprint density at radius 3 is 2.94 bits per heavy atom. The molecule has 9 nitrogen and oxygen atoms in total. The van der Waals surface area contributed by atoms with Crippen LogP contribution >= 0.6 is 25.1 Å². The molecule has 1 aliphatic rings. The van der Waals surface area contributed by atoms with Crippen LogP contribution in [0.2, 0.25) is 5.02 Å². The molecule has 1 atom stereocenters. The highest BCUT2D eigenvalue weighted by atomic mass is 35.5. The SMILES string of the molecule is CC(C)Cn1c([C@@H]2CCCN2c2ncnc3[nH]cc(C#N)c23)nn2ccc(Cl)c2c1=O.S. The van der Waals surface area contributed by atoms with Crippen LogP contribution in [0, 0.1) is 17.2 Å². The number of nitrogens with one attached hydrogen (secondary N) is 1. The Morgan fingerprint density at radius 2 is 2.19 bits per heavy atom. The standard InChI is InChI=1S/C21H21ClN8O.H2S/c1-12(2)10-29-19(27-30-7-5-14(22)17(30)21(29)31)15-4-3-6-28(15)20-16-13(8-23)9-24-18(16)25-11-26-20;/h5,7,9,11-12,15H,3-4,6,10H2,1-2H3,(H,24,25,26);1H2/t15-;/m0./s1. The second kappa shape index (κ2) is 8.48. The van der Waals surface area contributed by atoms with Crippen LogP contribution in [-0.2, 0) is 6.54 Å². The lowest BCUT2D eigenvalue weighted by Crippen LogP contribution is -2.35. The second-order valence-electron chi connectivity index (χ2n) is 8.21. The van der Waals surface area contributed by atoms with Gasteiger partial charge in [0.15, 0.2) is 5.82 Å². The van der Waals surface area contributed by atoms with E-state index in [0.717, 1.165) is 19.4 Å². The van der Waals surface area contributed by atoms with Crippen molar-refractivity contribution in [2.45, 2.75) is 39.3 Å². The molecule has 4 aromatic heterocycles. The number of nitrogens with zero attached hydrogens (tertiary/aromatic N) is 7. The maximum absolute atomic E-state index is 13.4. The first-order valence-electron chi connectivity index (χ1n) is 10.3. The van der Waals surface area contributed by atoms with Gasteiger partial charge in [0, 0.05) is 25.5 Å². The summed E-state index contributed by atoms with van der Waals surface area (Å²) in [5.74, 6) is 1.61. The van der Waals surface area contributed by atoms with Crippen molar-refractivity contribution < 1.29 is 0 Å². The van der Waals surface area contributed by atoms with Gasteiger partial charge in [-0.25, -0.2) is 14.5 Å². The Morgan fingerprint density at radius 1 is 1.38 bits per heavy atom. The first-order valence-corrected chi connectivity index (χ1v) is 10.6. The van der Waals surface area contributed by atoms with Gasteiger partial charge in [0.2, 0.25) is 0 Å². The van der Waals surface area contributed by atoms with E-state index < -0.39 is 0 Å². The van der Waals surface area contributed by atoms with E-state index in [9.17, 15) is 10.1 Å². The van der Waals surface area contributed by atoms with E-state index in [1.807, 2.05) is 0 Å². The van der Waals surface area contributed by atoms with Crippen LogP contribution in [0.25, 0.3) is 16.6 Å². The lowest BCUT2D eigenvalue weighted by atomic mass is 10.1. The summed E-state index contributed by atoms with van der Waals surface area (Å²) in [6, 6.07) is 3.75. The summed E-state index contributed by atoms with van der Waals surface area (Å²) in [5.41, 5.74) is 1.36. The zero-order valence-electron chi connectivity index (χ0n) is 17.7. The van der Waals surface area contributed by atoms with Crippen molar-refractivity contribution in [1.29, 1.82) is 5.26 Å². The van der Waals surface area contributed by atoms with Gasteiger partial charge in [0.1, 0.15) is 29.4 Å². The Bertz CT molecular complexity index is 1400. The van der Waals surface area contributed by atoms with Gasteiger partial charge in [-0.15, -0.1) is 0 Å². The normalized spacial score (nSPS) is 16.1. The number of nitriles is 1. The lowest BCUT2D eigenvalue weighted by molar-refractivity contribution is 0.458. The van der Waals surface area contributed by atoms with Crippen molar-refractivity contribution in [3.8, 4) is 6.07 Å². The van der Waals surface area contributed by atoms with Gasteiger partial charge in [-0.1, -0.05) is 25.4 Å². The van der Waals surface area contributed by atoms with Crippen LogP contribution in [0.5, 0.6) is 0 Å². The molecular formula is C21H23ClN8OS. The smallest absolute Gasteiger partial charge is 0.279 e. The number of rotatable bonds is 4. The Balaban J connectivity index is 0.00000245. The summed E-state index contributed by atoms with van der Waals surface area (Å²) in [7, 11) is 0. The molecule has 1 fully saturated rings. The van der Waals surface area contributed by atoms with Crippen LogP contribution in [-0.4, -0.2) is 35.7 Å². The first kappa shape index (κ1) is 22.2. The highest BCUT2D eigenvalue weighted by Crippen LogP contribution is 2.38. The number of hydrogen-bond acceptors (Lipinski definition) is 6. The molecule has 1 saturated heterocycles. The summed E-state index contributed by atoms with van der Waals surface area (Å²) in [6.07, 6.45) is 6.60. The molecule has 4 aromatic rings. The van der Waals surface area contributed by atoms with Gasteiger partial charge >= 0.3 is 0 Å². The molecule has 166 valence electrons. The molecule has 0 amide bonds. The molecule has 0 saturated carbocycles. The van der Waals surface area contributed by atoms with Gasteiger partial charge in [-0.05, 0) is 24.8 Å². The van der Waals surface area contributed by atoms with Crippen LogP contribution in [0.3, 0.4) is 0 Å². The minimum atomic E-state index is -0.156. The molecule has 0 unspecified atom stereocenters. The number of aromatic amines is 1. The average Bonchev–Trinajstić information content (AvgIpc) is 3.47. The van der Waals surface area contributed by atoms with Crippen molar-refractivity contribution in [2.75, 3.05) is 11.4 Å². The van der Waals surface area contributed by atoms with Gasteiger partial charge in [0.05, 0.1) is 22.0 Å². The van der Waals surface area contributed by atoms with Crippen LogP contribution in [0.1, 0.15) is 44.1 Å². The van der Waals surface area contributed by atoms with Crippen LogP contribution in [0.15, 0.2) is 29.6 Å². The van der Waals surface area contributed by atoms with Gasteiger partial charge in [-0.2, -0.15) is 23.9 Å². The molecule has 5 heterocycles. The number of fused-ring (bicyclic) bond motifs is 2. The average molecular weight is 471 g/mol. The fourth-order valence-corrected chi connectivity index (χ4v) is 4.63. The fourth-order valence-electron chi connectivity index (χ4n) is 4.41. The zero-order chi connectivity index (χ0) is 21.7. The molecule has 1 N–H and O–H groups in total. The minimum absolute atomic E-state index is 0. The monoisotopic (exact) mass is 470 g/mol. The van der Waals surface area contributed by atoms with Crippen LogP contribution in [0.4, 0.5) is 5.82 Å². The number of halogens is 1. The van der Waals surface area contributed by atoms with Gasteiger partial charge in [-0.3, -0.25) is 9.36 Å². The molecule has 5 rings (SSSR count). The predicted octanol–water partition coefficient (Wildman–Crippen LogP) is 3.40. The summed E-state index contributed by atoms with van der Waals surface area (Å²) in [6.45, 7) is 5.42. The van der Waals surface area contributed by atoms with Crippen molar-refractivity contribution in [2.24, 2.45) is 5.92 Å². The minimum Gasteiger partial charge on any atom is -0.346 e. The van der Waals surface area contributed by atoms with Crippen molar-refractivity contribution >= 4 is 47.5 Å². The van der Waals surface area contributed by atoms with E-state index >= 15 is 0 Å². The summed E-state index contributed by atoms with van der Waals surface area (Å²) in [4.78, 5) is 27.3. The predicted molar refractivity (Wildman–Crippen MR) is 128 cm³/mol. The molecule has 0 bridgehead atoms. The molecular weight excluding hydrogens is 448 g/mol. The molecule has 0 spiro atoms. The third-order valence-electron chi connectivity index (χ3n) is 5.69. The molecule has 32 heavy (non-hydrogen) atoms. The quantitative estimate of drug-likeness (QED) is 0.489. The number of hydrogen-bond donors (Lipinski definition) is 1. The summed E-state index contributed by atoms with van der Waals surface area (Å²) < 4.78 is 3.31. The third kappa shape index (κ3) is 3.42. The lowest BCUT2D eigenvalue weighted by Gasteiger charge is -2.28. The molecule has 11 heteroatoms. The maximum Gasteiger partial charge on any atom is 0.279 e. The van der Waals surface area contributed by atoms with Crippen molar-refractivity contribution in [1.82, 2.24) is 29.1 Å². The molecule has 0 aromatic carbocycles. The van der Waals surface area contributed by atoms with Crippen molar-refractivity contribution in [3.63, 3.8) is 0 Å². The Labute approximate surface area is 196 Å². The van der Waals surface area contributed by atoms with E-state index in [4.69, 9.17) is 16.7 Å². The fraction of sp³-hybridized carbons (Fsp3) is 0.381. The van der Waals surface area contributed by atoms with Crippen LogP contribution < -0.4 is 10.5 Å². The maximum atomic E-state index is 13.4. The Hall–Kier alpha value is -3.03. The van der Waals surface area contributed by atoms with Gasteiger partial charge < -0.3 is 9.88 Å². The van der Waals surface area contributed by atoms with E-state index in [1.165, 1.54) is 6.33 Å². The highest BCUT2D eigenvalue weighted by molar-refractivity contribution is 7.59. The van der Waals surface area contributed by atoms with E-state index in [-0.39, 0.29) is 31.0 Å². The summed E-state index contributed by atoms with van der Waals surface area (Å²) in [5, 5.41) is 15.5. The van der Waals surface area contributed by atoms with E-state index in [2.05, 4.69) is 39.8 Å². The summed E-state index contributed by atoms with van der Waals surface area (Å²) >= 11 is 6.27. The second-order valence-corrected chi connectivity index (χ2v) is 8.62. The molecule has 0 aliphatic carbocycles.